The Bertz CT molecular complexity index is 629. The van der Waals surface area contributed by atoms with Gasteiger partial charge in [-0.15, -0.1) is 5.10 Å². The van der Waals surface area contributed by atoms with E-state index in [1.165, 1.54) is 11.0 Å². The van der Waals surface area contributed by atoms with Gasteiger partial charge in [0, 0.05) is 24.2 Å². The normalized spacial score (nSPS) is 18.5. The molecule has 0 bridgehead atoms. The summed E-state index contributed by atoms with van der Waals surface area (Å²) in [4.78, 5) is 14.3. The van der Waals surface area contributed by atoms with Crippen molar-refractivity contribution in [1.82, 2.24) is 25.1 Å². The van der Waals surface area contributed by atoms with Crippen LogP contribution >= 0.6 is 11.6 Å². The van der Waals surface area contributed by atoms with Crippen LogP contribution in [0, 0.1) is 0 Å². The van der Waals surface area contributed by atoms with Crippen molar-refractivity contribution < 1.29 is 4.79 Å². The highest BCUT2D eigenvalue weighted by Gasteiger charge is 2.26. The van der Waals surface area contributed by atoms with Crippen LogP contribution in [-0.4, -0.2) is 50.1 Å². The number of likely N-dealkylation sites (tertiary alicyclic amines) is 1. The first kappa shape index (κ1) is 13.0. The number of nitrogens with zero attached hydrogens (tertiary/aromatic N) is 5. The zero-order valence-electron chi connectivity index (χ0n) is 10.6. The fourth-order valence-corrected chi connectivity index (χ4v) is 2.47. The lowest BCUT2D eigenvalue weighted by atomic mass is 10.1. The fraction of sp³-hybridized carbons (Fsp3) is 0.333. The Balaban J connectivity index is 1.99. The zero-order valence-corrected chi connectivity index (χ0v) is 11.4. The van der Waals surface area contributed by atoms with Gasteiger partial charge in [-0.05, 0) is 35.0 Å². The molecule has 2 N–H and O–H groups in total. The molecule has 1 atom stereocenters. The molecule has 0 aliphatic carbocycles. The third kappa shape index (κ3) is 2.37. The van der Waals surface area contributed by atoms with Crippen LogP contribution in [0.5, 0.6) is 0 Å². The Morgan fingerprint density at radius 1 is 1.45 bits per heavy atom. The molecule has 3 rings (SSSR count). The molecule has 1 fully saturated rings. The summed E-state index contributed by atoms with van der Waals surface area (Å²) in [6.07, 6.45) is 2.25. The Kier molecular flexibility index (Phi) is 3.37. The lowest BCUT2D eigenvalue weighted by Gasteiger charge is -2.18. The molecule has 104 valence electrons. The van der Waals surface area contributed by atoms with Crippen LogP contribution in [-0.2, 0) is 0 Å². The predicted octanol–water partition coefficient (Wildman–Crippen LogP) is 0.489. The summed E-state index contributed by atoms with van der Waals surface area (Å²) in [7, 11) is 0. The average molecular weight is 293 g/mol. The van der Waals surface area contributed by atoms with Crippen LogP contribution in [0.25, 0.3) is 5.69 Å². The van der Waals surface area contributed by atoms with E-state index >= 15 is 0 Å². The Hall–Kier alpha value is -1.99. The quantitative estimate of drug-likeness (QED) is 0.870. The molecule has 2 aromatic rings. The Morgan fingerprint density at radius 3 is 2.95 bits per heavy atom. The van der Waals surface area contributed by atoms with Crippen molar-refractivity contribution in [2.45, 2.75) is 12.5 Å². The molecule has 1 aliphatic heterocycles. The zero-order chi connectivity index (χ0) is 14.1. The summed E-state index contributed by atoms with van der Waals surface area (Å²) in [5.74, 6) is -0.106. The molecule has 1 saturated heterocycles. The number of carbonyl (C=O) groups excluding carboxylic acids is 1. The van der Waals surface area contributed by atoms with E-state index in [4.69, 9.17) is 17.3 Å². The van der Waals surface area contributed by atoms with E-state index in [9.17, 15) is 4.79 Å². The molecule has 8 heteroatoms. The number of halogens is 1. The second-order valence-corrected chi connectivity index (χ2v) is 5.15. The summed E-state index contributed by atoms with van der Waals surface area (Å²) in [5.41, 5.74) is 6.92. The van der Waals surface area contributed by atoms with Crippen LogP contribution < -0.4 is 5.73 Å². The largest absolute Gasteiger partial charge is 0.337 e. The molecule has 0 spiro atoms. The van der Waals surface area contributed by atoms with E-state index in [-0.39, 0.29) is 11.9 Å². The van der Waals surface area contributed by atoms with E-state index in [2.05, 4.69) is 15.5 Å². The van der Waals surface area contributed by atoms with Crippen LogP contribution in [0.3, 0.4) is 0 Å². The number of hydrogen-bond donors (Lipinski definition) is 1. The predicted molar refractivity (Wildman–Crippen MR) is 72.7 cm³/mol. The summed E-state index contributed by atoms with van der Waals surface area (Å²) >= 11 is 6.00. The topological polar surface area (TPSA) is 89.9 Å². The van der Waals surface area contributed by atoms with Gasteiger partial charge in [-0.2, -0.15) is 4.68 Å². The van der Waals surface area contributed by atoms with Crippen molar-refractivity contribution in [2.24, 2.45) is 5.73 Å². The van der Waals surface area contributed by atoms with Crippen LogP contribution in [0.1, 0.15) is 16.8 Å². The third-order valence-corrected chi connectivity index (χ3v) is 3.53. The average Bonchev–Trinajstić information content (AvgIpc) is 3.09. The summed E-state index contributed by atoms with van der Waals surface area (Å²) in [6, 6.07) is 5.09. The highest BCUT2D eigenvalue weighted by atomic mass is 35.5. The van der Waals surface area contributed by atoms with Gasteiger partial charge in [-0.25, -0.2) is 0 Å². The van der Waals surface area contributed by atoms with Crippen LogP contribution in [0.15, 0.2) is 24.5 Å². The maximum absolute atomic E-state index is 12.6. The number of benzene rings is 1. The SMILES string of the molecule is N[C@@H]1CCN(C(=O)c2cc(Cl)ccc2-n2cnnn2)C1. The van der Waals surface area contributed by atoms with Gasteiger partial charge in [-0.3, -0.25) is 4.79 Å². The summed E-state index contributed by atoms with van der Waals surface area (Å²) in [6.45, 7) is 1.21. The highest BCUT2D eigenvalue weighted by molar-refractivity contribution is 6.31. The Morgan fingerprint density at radius 2 is 2.30 bits per heavy atom. The highest BCUT2D eigenvalue weighted by Crippen LogP contribution is 2.22. The van der Waals surface area contributed by atoms with Gasteiger partial charge >= 0.3 is 0 Å². The first-order valence-electron chi connectivity index (χ1n) is 6.23. The van der Waals surface area contributed by atoms with E-state index in [1.807, 2.05) is 0 Å². The monoisotopic (exact) mass is 292 g/mol. The van der Waals surface area contributed by atoms with Crippen molar-refractivity contribution in [2.75, 3.05) is 13.1 Å². The standard InChI is InChI=1S/C12H13ClN6O/c13-8-1-2-11(19-7-15-16-17-19)10(5-8)12(20)18-4-3-9(14)6-18/h1-2,5,7,9H,3-4,6,14H2/t9-/m1/s1. The van der Waals surface area contributed by atoms with Gasteiger partial charge in [0.25, 0.3) is 5.91 Å². The summed E-state index contributed by atoms with van der Waals surface area (Å²) < 4.78 is 1.44. The molecule has 0 saturated carbocycles. The molecular formula is C12H13ClN6O. The van der Waals surface area contributed by atoms with Crippen molar-refractivity contribution in [3.63, 3.8) is 0 Å². The number of aromatic nitrogens is 4. The molecule has 20 heavy (non-hydrogen) atoms. The minimum absolute atomic E-state index is 0.0367. The maximum Gasteiger partial charge on any atom is 0.256 e. The van der Waals surface area contributed by atoms with Gasteiger partial charge in [0.2, 0.25) is 0 Å². The lowest BCUT2D eigenvalue weighted by Crippen LogP contribution is -2.32. The first-order chi connectivity index (χ1) is 9.65. The number of rotatable bonds is 2. The molecule has 7 nitrogen and oxygen atoms in total. The fourth-order valence-electron chi connectivity index (χ4n) is 2.29. The molecular weight excluding hydrogens is 280 g/mol. The van der Waals surface area contributed by atoms with Gasteiger partial charge in [0.15, 0.2) is 0 Å². The van der Waals surface area contributed by atoms with Crippen molar-refractivity contribution in [3.05, 3.63) is 35.1 Å². The second kappa shape index (κ2) is 5.18. The van der Waals surface area contributed by atoms with Gasteiger partial charge < -0.3 is 10.6 Å². The lowest BCUT2D eigenvalue weighted by molar-refractivity contribution is 0.0790. The maximum atomic E-state index is 12.6. The number of hydrogen-bond acceptors (Lipinski definition) is 5. The summed E-state index contributed by atoms with van der Waals surface area (Å²) in [5, 5.41) is 11.5. The minimum atomic E-state index is -0.106. The molecule has 1 aliphatic rings. The molecule has 1 aromatic carbocycles. The van der Waals surface area contributed by atoms with Crippen LogP contribution in [0.2, 0.25) is 5.02 Å². The molecule has 0 radical (unpaired) electrons. The molecule has 1 amide bonds. The molecule has 0 unspecified atom stereocenters. The smallest absolute Gasteiger partial charge is 0.256 e. The molecule has 1 aromatic heterocycles. The van der Waals surface area contributed by atoms with Crippen molar-refractivity contribution >= 4 is 17.5 Å². The second-order valence-electron chi connectivity index (χ2n) is 4.72. The van der Waals surface area contributed by atoms with E-state index in [1.54, 1.807) is 23.1 Å². The van der Waals surface area contributed by atoms with E-state index in [0.717, 1.165) is 6.42 Å². The van der Waals surface area contributed by atoms with Gasteiger partial charge in [0.05, 0.1) is 11.3 Å². The number of tetrazole rings is 1. The third-order valence-electron chi connectivity index (χ3n) is 3.30. The first-order valence-corrected chi connectivity index (χ1v) is 6.61. The van der Waals surface area contributed by atoms with Gasteiger partial charge in [-0.1, -0.05) is 11.6 Å². The number of nitrogens with two attached hydrogens (primary N) is 1. The minimum Gasteiger partial charge on any atom is -0.337 e. The number of carbonyl (C=O) groups is 1. The van der Waals surface area contributed by atoms with Crippen molar-refractivity contribution in [1.29, 1.82) is 0 Å². The van der Waals surface area contributed by atoms with E-state index in [0.29, 0.717) is 29.4 Å². The van der Waals surface area contributed by atoms with E-state index < -0.39 is 0 Å². The number of amides is 1. The van der Waals surface area contributed by atoms with Gasteiger partial charge in [0.1, 0.15) is 6.33 Å². The molecule has 2 heterocycles. The van der Waals surface area contributed by atoms with Crippen molar-refractivity contribution in [3.8, 4) is 5.69 Å². The van der Waals surface area contributed by atoms with Crippen LogP contribution in [0.4, 0.5) is 0 Å². The Labute approximate surface area is 120 Å².